The van der Waals surface area contributed by atoms with Gasteiger partial charge in [0.2, 0.25) is 0 Å². The molecule has 0 amide bonds. The molecular weight excluding hydrogens is 508 g/mol. The maximum absolute atomic E-state index is 13.4. The zero-order chi connectivity index (χ0) is 19.9. The number of halogens is 3. The van der Waals surface area contributed by atoms with Gasteiger partial charge in [-0.3, -0.25) is 0 Å². The van der Waals surface area contributed by atoms with Crippen LogP contribution in [0.3, 0.4) is 0 Å². The number of ether oxygens (including phenoxy) is 1. The second kappa shape index (κ2) is 9.95. The number of morpholine rings is 1. The normalized spacial score (nSPS) is 15.9. The molecule has 1 fully saturated rings. The summed E-state index contributed by atoms with van der Waals surface area (Å²) in [5, 5.41) is 10.6. The van der Waals surface area contributed by atoms with Gasteiger partial charge in [0.25, 0.3) is 0 Å². The van der Waals surface area contributed by atoms with E-state index in [1.165, 1.54) is 18.2 Å². The minimum atomic E-state index is -1.47. The average Bonchev–Trinajstić information content (AvgIpc) is 3.18. The first-order valence-corrected chi connectivity index (χ1v) is 10.4. The first-order chi connectivity index (χ1) is 13.6. The first-order valence-electron chi connectivity index (χ1n) is 8.11. The Balaban J connectivity index is 1.76. The van der Waals surface area contributed by atoms with Gasteiger partial charge in [-0.25, -0.2) is 0 Å². The molecule has 3 rings (SSSR count). The third kappa shape index (κ3) is 5.27. The SMILES string of the molecule is NC(=NCc1nonc1C(=N[I-]O)Nc1ccc(F)c(Cl)c1)N1CCOCC1. The van der Waals surface area contributed by atoms with Crippen molar-refractivity contribution >= 4 is 29.1 Å². The standard InChI is InChI=1S/C15H17ClFIN7O3/c16-10-7-9(1-2-11(10)17)21-14(22-18-26)13-12(23-28-24-13)8-20-15(19)25-3-5-27-6-4-25/h1-2,7,26H,3-6,8H2,(H2,19,20)(H,21,22)/q-1. The van der Waals surface area contributed by atoms with Gasteiger partial charge in [0.15, 0.2) is 0 Å². The minimum absolute atomic E-state index is 0.0515. The van der Waals surface area contributed by atoms with E-state index in [9.17, 15) is 7.83 Å². The predicted molar refractivity (Wildman–Crippen MR) is 95.8 cm³/mol. The van der Waals surface area contributed by atoms with Crippen molar-refractivity contribution in [2.75, 3.05) is 31.6 Å². The fourth-order valence-electron chi connectivity index (χ4n) is 2.41. The van der Waals surface area contributed by atoms with Crippen LogP contribution in [0.2, 0.25) is 5.02 Å². The molecule has 0 unspecified atom stereocenters. The number of aliphatic imine (C=N–C) groups is 1. The number of benzene rings is 1. The van der Waals surface area contributed by atoms with E-state index in [0.29, 0.717) is 43.6 Å². The van der Waals surface area contributed by atoms with Gasteiger partial charge in [-0.15, -0.1) is 0 Å². The molecule has 0 bridgehead atoms. The van der Waals surface area contributed by atoms with Crippen molar-refractivity contribution in [2.24, 2.45) is 13.9 Å². The van der Waals surface area contributed by atoms with E-state index in [-0.39, 0.29) is 23.1 Å². The Kier molecular flexibility index (Phi) is 7.36. The molecule has 13 heteroatoms. The number of aromatic nitrogens is 2. The van der Waals surface area contributed by atoms with Crippen LogP contribution in [-0.2, 0) is 11.3 Å². The van der Waals surface area contributed by atoms with E-state index in [1.54, 1.807) is 0 Å². The van der Waals surface area contributed by atoms with Gasteiger partial charge in [0.05, 0.1) is 0 Å². The summed E-state index contributed by atoms with van der Waals surface area (Å²) in [6.45, 7) is 2.61. The number of hydrogen-bond donors (Lipinski definition) is 3. The molecule has 1 aromatic heterocycles. The van der Waals surface area contributed by atoms with Gasteiger partial charge in [-0.05, 0) is 0 Å². The third-order valence-electron chi connectivity index (χ3n) is 3.81. The molecule has 0 radical (unpaired) electrons. The number of amidine groups is 1. The molecule has 1 aromatic carbocycles. The number of anilines is 1. The van der Waals surface area contributed by atoms with Crippen molar-refractivity contribution in [3.63, 3.8) is 0 Å². The van der Waals surface area contributed by atoms with Crippen LogP contribution in [0.1, 0.15) is 11.4 Å². The van der Waals surface area contributed by atoms with Crippen LogP contribution in [0.15, 0.2) is 31.0 Å². The summed E-state index contributed by atoms with van der Waals surface area (Å²) >= 11 is 4.33. The van der Waals surface area contributed by atoms with Gasteiger partial charge in [-0.2, -0.15) is 0 Å². The van der Waals surface area contributed by atoms with Crippen LogP contribution < -0.4 is 32.9 Å². The van der Waals surface area contributed by atoms with Crippen LogP contribution in [0.4, 0.5) is 10.1 Å². The van der Waals surface area contributed by atoms with Crippen molar-refractivity contribution in [1.82, 2.24) is 15.2 Å². The molecule has 0 spiro atoms. The number of guanidine groups is 1. The number of rotatable bonds is 5. The molecule has 28 heavy (non-hydrogen) atoms. The summed E-state index contributed by atoms with van der Waals surface area (Å²) < 4.78 is 36.8. The summed E-state index contributed by atoms with van der Waals surface area (Å²) in [6, 6.07) is 4.09. The van der Waals surface area contributed by atoms with Crippen LogP contribution in [0.25, 0.3) is 0 Å². The fourth-order valence-corrected chi connectivity index (χ4v) is 3.15. The molecule has 1 aliphatic rings. The van der Waals surface area contributed by atoms with Gasteiger partial charge in [-0.1, -0.05) is 0 Å². The molecule has 4 N–H and O–H groups in total. The van der Waals surface area contributed by atoms with Crippen LogP contribution >= 0.6 is 11.6 Å². The van der Waals surface area contributed by atoms with Gasteiger partial charge < -0.3 is 0 Å². The van der Waals surface area contributed by atoms with E-state index in [4.69, 9.17) is 26.7 Å². The second-order valence-electron chi connectivity index (χ2n) is 5.60. The Morgan fingerprint density at radius 1 is 1.39 bits per heavy atom. The van der Waals surface area contributed by atoms with E-state index < -0.39 is 27.7 Å². The summed E-state index contributed by atoms with van der Waals surface area (Å²) in [5.74, 6) is 0.0370. The molecule has 2 aromatic rings. The number of nitrogens with two attached hydrogens (primary N) is 1. The van der Waals surface area contributed by atoms with Crippen LogP contribution in [-0.4, -0.2) is 56.7 Å². The summed E-state index contributed by atoms with van der Waals surface area (Å²) in [6.07, 6.45) is 0. The van der Waals surface area contributed by atoms with Crippen LogP contribution in [0, 0.1) is 5.82 Å². The Morgan fingerprint density at radius 2 is 2.18 bits per heavy atom. The van der Waals surface area contributed by atoms with E-state index >= 15 is 0 Å². The van der Waals surface area contributed by atoms with Crippen LogP contribution in [0.5, 0.6) is 0 Å². The topological polar surface area (TPSA) is 134 Å². The Morgan fingerprint density at radius 3 is 2.89 bits per heavy atom. The predicted octanol–water partition coefficient (Wildman–Crippen LogP) is -2.22. The van der Waals surface area contributed by atoms with Gasteiger partial charge in [0, 0.05) is 0 Å². The molecule has 1 aliphatic heterocycles. The van der Waals surface area contributed by atoms with Gasteiger partial charge in [0.1, 0.15) is 0 Å². The third-order valence-corrected chi connectivity index (χ3v) is 4.80. The Labute approximate surface area is 175 Å². The van der Waals surface area contributed by atoms with E-state index in [1.807, 2.05) is 4.90 Å². The summed E-state index contributed by atoms with van der Waals surface area (Å²) in [4.78, 5) is 6.23. The zero-order valence-corrected chi connectivity index (χ0v) is 17.4. The van der Waals surface area contributed by atoms with E-state index in [2.05, 4.69) is 23.8 Å². The van der Waals surface area contributed by atoms with E-state index in [0.717, 1.165) is 0 Å². The van der Waals surface area contributed by atoms with Gasteiger partial charge >= 0.3 is 176 Å². The number of nitrogens with zero attached hydrogens (tertiary/aromatic N) is 5. The van der Waals surface area contributed by atoms with Crippen molar-refractivity contribution in [3.8, 4) is 0 Å². The Bertz CT molecular complexity index is 873. The molecule has 0 atom stereocenters. The van der Waals surface area contributed by atoms with Crippen molar-refractivity contribution in [1.29, 1.82) is 0 Å². The monoisotopic (exact) mass is 524 g/mol. The molecule has 2 heterocycles. The number of nitrogens with one attached hydrogen (secondary N) is 1. The Hall–Kier alpha value is -2.03. The number of hydrogen-bond acceptors (Lipinski definition) is 7. The molecule has 0 saturated carbocycles. The second-order valence-corrected chi connectivity index (χ2v) is 6.92. The summed E-state index contributed by atoms with van der Waals surface area (Å²) in [7, 11) is 0. The van der Waals surface area contributed by atoms with Crippen molar-refractivity contribution < 1.29 is 39.1 Å². The molecule has 1 saturated heterocycles. The summed E-state index contributed by atoms with van der Waals surface area (Å²) in [5.41, 5.74) is 7.13. The first kappa shape index (κ1) is 20.7. The molecular formula is C15H17ClFIN7O3-. The maximum atomic E-state index is 13.4. The quantitative estimate of drug-likeness (QED) is 0.228. The molecule has 0 aliphatic carbocycles. The van der Waals surface area contributed by atoms with Crippen molar-refractivity contribution in [3.05, 3.63) is 40.4 Å². The van der Waals surface area contributed by atoms with Crippen molar-refractivity contribution in [2.45, 2.75) is 6.54 Å². The zero-order valence-electron chi connectivity index (χ0n) is 14.5. The average molecular weight is 525 g/mol. The molecule has 10 nitrogen and oxygen atoms in total. The fraction of sp³-hybridized carbons (Fsp3) is 0.333. The molecule has 152 valence electrons.